The van der Waals surface area contributed by atoms with E-state index in [1.54, 1.807) is 0 Å². The van der Waals surface area contributed by atoms with Crippen LogP contribution < -0.4 is 9.64 Å². The van der Waals surface area contributed by atoms with Crippen molar-refractivity contribution in [1.29, 1.82) is 0 Å². The predicted octanol–water partition coefficient (Wildman–Crippen LogP) is 4.48. The van der Waals surface area contributed by atoms with Gasteiger partial charge >= 0.3 is 0 Å². The number of hydrogen-bond donors (Lipinski definition) is 0. The van der Waals surface area contributed by atoms with Crippen molar-refractivity contribution in [2.45, 2.75) is 13.0 Å². The summed E-state index contributed by atoms with van der Waals surface area (Å²) < 4.78 is 59.2. The fraction of sp³-hybridized carbons (Fsp3) is 0.158. The molecule has 2 heterocycles. The molecule has 0 fully saturated rings. The average Bonchev–Trinajstić information content (AvgIpc) is 3.06. The van der Waals surface area contributed by atoms with Crippen LogP contribution in [0.4, 0.5) is 23.2 Å². The van der Waals surface area contributed by atoms with Gasteiger partial charge in [0, 0.05) is 30.7 Å². The SMILES string of the molecule is O=C1c2sc(OCc3ccc(F)cc3F)nc2CCN1c1ccc(F)cc1F. The van der Waals surface area contributed by atoms with E-state index in [4.69, 9.17) is 4.74 Å². The van der Waals surface area contributed by atoms with Crippen LogP contribution in [-0.2, 0) is 13.0 Å². The lowest BCUT2D eigenvalue weighted by Gasteiger charge is -2.26. The van der Waals surface area contributed by atoms with Crippen LogP contribution in [0.15, 0.2) is 36.4 Å². The summed E-state index contributed by atoms with van der Waals surface area (Å²) in [7, 11) is 0. The first-order valence-electron chi connectivity index (χ1n) is 8.25. The summed E-state index contributed by atoms with van der Waals surface area (Å²) in [6, 6.07) is 6.15. The molecule has 4 nitrogen and oxygen atoms in total. The third-order valence-corrected chi connectivity index (χ3v) is 5.25. The van der Waals surface area contributed by atoms with Crippen molar-refractivity contribution in [3.8, 4) is 5.19 Å². The van der Waals surface area contributed by atoms with Gasteiger partial charge in [-0.25, -0.2) is 22.5 Å². The van der Waals surface area contributed by atoms with Crippen molar-refractivity contribution in [2.24, 2.45) is 0 Å². The van der Waals surface area contributed by atoms with Crippen molar-refractivity contribution >= 4 is 22.9 Å². The second kappa shape index (κ2) is 7.23. The zero-order chi connectivity index (χ0) is 19.8. The highest BCUT2D eigenvalue weighted by molar-refractivity contribution is 7.15. The maximum atomic E-state index is 14.0. The van der Waals surface area contributed by atoms with Gasteiger partial charge in [-0.05, 0) is 24.3 Å². The predicted molar refractivity (Wildman–Crippen MR) is 94.5 cm³/mol. The van der Waals surface area contributed by atoms with E-state index in [0.29, 0.717) is 12.1 Å². The number of rotatable bonds is 4. The van der Waals surface area contributed by atoms with Gasteiger partial charge in [-0.1, -0.05) is 11.3 Å². The molecule has 0 unspecified atom stereocenters. The quantitative estimate of drug-likeness (QED) is 0.598. The van der Waals surface area contributed by atoms with Crippen molar-refractivity contribution in [2.75, 3.05) is 11.4 Å². The fourth-order valence-corrected chi connectivity index (χ4v) is 3.79. The van der Waals surface area contributed by atoms with Gasteiger partial charge < -0.3 is 9.64 Å². The molecule has 4 rings (SSSR count). The van der Waals surface area contributed by atoms with Crippen LogP contribution in [0.3, 0.4) is 0 Å². The number of nitrogens with zero attached hydrogens (tertiary/aromatic N) is 2. The van der Waals surface area contributed by atoms with Crippen molar-refractivity contribution < 1.29 is 27.1 Å². The zero-order valence-electron chi connectivity index (χ0n) is 14.2. The molecule has 0 aliphatic carbocycles. The van der Waals surface area contributed by atoms with E-state index in [1.807, 2.05) is 0 Å². The Morgan fingerprint density at radius 2 is 1.75 bits per heavy atom. The van der Waals surface area contributed by atoms with Gasteiger partial charge in [-0.3, -0.25) is 4.79 Å². The molecule has 0 spiro atoms. The summed E-state index contributed by atoms with van der Waals surface area (Å²) in [4.78, 5) is 18.4. The van der Waals surface area contributed by atoms with Crippen LogP contribution in [0.25, 0.3) is 0 Å². The monoisotopic (exact) mass is 408 g/mol. The number of hydrogen-bond acceptors (Lipinski definition) is 4. The molecule has 28 heavy (non-hydrogen) atoms. The number of anilines is 1. The summed E-state index contributed by atoms with van der Waals surface area (Å²) in [6.45, 7) is 0.00709. The molecule has 2 aromatic carbocycles. The Morgan fingerprint density at radius 1 is 1.04 bits per heavy atom. The van der Waals surface area contributed by atoms with Crippen LogP contribution in [-0.4, -0.2) is 17.4 Å². The first kappa shape index (κ1) is 18.4. The Labute approximate surface area is 161 Å². The summed E-state index contributed by atoms with van der Waals surface area (Å²) in [6.07, 6.45) is 0.364. The minimum atomic E-state index is -0.829. The molecule has 9 heteroatoms. The van der Waals surface area contributed by atoms with E-state index in [2.05, 4.69) is 4.98 Å². The number of carbonyl (C=O) groups is 1. The first-order valence-corrected chi connectivity index (χ1v) is 9.07. The Morgan fingerprint density at radius 3 is 2.46 bits per heavy atom. The highest BCUT2D eigenvalue weighted by atomic mass is 32.1. The van der Waals surface area contributed by atoms with Gasteiger partial charge in [0.05, 0.1) is 11.4 Å². The number of carbonyl (C=O) groups excluding carboxylic acids is 1. The molecule has 0 saturated carbocycles. The molecule has 1 aliphatic rings. The molecule has 3 aromatic rings. The number of benzene rings is 2. The van der Waals surface area contributed by atoms with Crippen LogP contribution in [0, 0.1) is 23.3 Å². The lowest BCUT2D eigenvalue weighted by Crippen LogP contribution is -2.37. The second-order valence-corrected chi connectivity index (χ2v) is 7.04. The molecular formula is C19H12F4N2O2S. The lowest BCUT2D eigenvalue weighted by molar-refractivity contribution is 0.0983. The van der Waals surface area contributed by atoms with Crippen LogP contribution >= 0.6 is 11.3 Å². The molecule has 0 saturated heterocycles. The molecule has 144 valence electrons. The molecule has 0 N–H and O–H groups in total. The summed E-state index contributed by atoms with van der Waals surface area (Å²) in [5, 5.41) is 0.156. The zero-order valence-corrected chi connectivity index (χ0v) is 15.0. The van der Waals surface area contributed by atoms with Crippen molar-refractivity contribution in [1.82, 2.24) is 4.98 Å². The van der Waals surface area contributed by atoms with Gasteiger partial charge in [0.15, 0.2) is 0 Å². The Bertz CT molecular complexity index is 1070. The lowest BCUT2D eigenvalue weighted by atomic mass is 10.1. The first-order chi connectivity index (χ1) is 13.4. The standard InChI is InChI=1S/C19H12F4N2O2S/c20-11-2-1-10(13(22)7-11)9-27-19-24-15-5-6-25(18(26)17(15)28-19)16-4-3-12(21)8-14(16)23/h1-4,7-8H,5-6,9H2. The maximum absolute atomic E-state index is 14.0. The summed E-state index contributed by atoms with van der Waals surface area (Å²) >= 11 is 0.962. The highest BCUT2D eigenvalue weighted by Gasteiger charge is 2.31. The van der Waals surface area contributed by atoms with Gasteiger partial charge in [-0.2, -0.15) is 0 Å². The van der Waals surface area contributed by atoms with Gasteiger partial charge in [0.2, 0.25) is 0 Å². The van der Waals surface area contributed by atoms with Crippen LogP contribution in [0.5, 0.6) is 5.19 Å². The van der Waals surface area contributed by atoms with E-state index < -0.39 is 29.2 Å². The van der Waals surface area contributed by atoms with Gasteiger partial charge in [-0.15, -0.1) is 0 Å². The largest absolute Gasteiger partial charge is 0.465 e. The minimum Gasteiger partial charge on any atom is -0.465 e. The number of thiazole rings is 1. The number of amides is 1. The molecule has 1 aliphatic heterocycles. The third kappa shape index (κ3) is 3.45. The van der Waals surface area contributed by atoms with Crippen molar-refractivity contribution in [3.05, 3.63) is 75.8 Å². The van der Waals surface area contributed by atoms with Gasteiger partial charge in [0.1, 0.15) is 34.8 Å². The molecule has 0 radical (unpaired) electrons. The second-order valence-electron chi connectivity index (χ2n) is 6.08. The van der Waals surface area contributed by atoms with E-state index in [-0.39, 0.29) is 34.5 Å². The minimum absolute atomic E-state index is 0.0127. The summed E-state index contributed by atoms with van der Waals surface area (Å²) in [5.41, 5.74) is 0.639. The average molecular weight is 408 g/mol. The highest BCUT2D eigenvalue weighted by Crippen LogP contribution is 2.33. The van der Waals surface area contributed by atoms with Crippen LogP contribution in [0.1, 0.15) is 20.9 Å². The molecule has 0 atom stereocenters. The molecule has 0 bridgehead atoms. The van der Waals surface area contributed by atoms with E-state index in [0.717, 1.165) is 35.6 Å². The maximum Gasteiger partial charge on any atom is 0.274 e. The molecule has 1 aromatic heterocycles. The molecular weight excluding hydrogens is 396 g/mol. The number of aromatic nitrogens is 1. The fourth-order valence-electron chi connectivity index (χ4n) is 2.88. The number of halogens is 4. The van der Waals surface area contributed by atoms with E-state index in [9.17, 15) is 22.4 Å². The number of ether oxygens (including phenoxy) is 1. The van der Waals surface area contributed by atoms with E-state index >= 15 is 0 Å². The topological polar surface area (TPSA) is 42.4 Å². The Kier molecular flexibility index (Phi) is 4.76. The Hall–Kier alpha value is -2.94. The van der Waals surface area contributed by atoms with E-state index in [1.165, 1.54) is 17.0 Å². The Balaban J connectivity index is 1.53. The van der Waals surface area contributed by atoms with Gasteiger partial charge in [0.25, 0.3) is 11.1 Å². The third-order valence-electron chi connectivity index (χ3n) is 4.26. The number of fused-ring (bicyclic) bond motifs is 1. The smallest absolute Gasteiger partial charge is 0.274 e. The molecule has 1 amide bonds. The normalized spacial score (nSPS) is 13.6. The van der Waals surface area contributed by atoms with Crippen molar-refractivity contribution in [3.63, 3.8) is 0 Å². The summed E-state index contributed by atoms with van der Waals surface area (Å²) in [5.74, 6) is -3.45. The van der Waals surface area contributed by atoms with Crippen LogP contribution in [0.2, 0.25) is 0 Å².